The molecule has 1 saturated heterocycles. The molecule has 0 aliphatic carbocycles. The van der Waals surface area contributed by atoms with Gasteiger partial charge in [0.05, 0.1) is 17.1 Å². The van der Waals surface area contributed by atoms with Gasteiger partial charge in [-0.25, -0.2) is 4.98 Å². The molecule has 1 atom stereocenters. The van der Waals surface area contributed by atoms with Gasteiger partial charge >= 0.3 is 0 Å². The second kappa shape index (κ2) is 5.35. The van der Waals surface area contributed by atoms with Crippen molar-refractivity contribution in [1.29, 1.82) is 0 Å². The zero-order chi connectivity index (χ0) is 13.4. The quantitative estimate of drug-likeness (QED) is 0.917. The van der Waals surface area contributed by atoms with Crippen LogP contribution in [0.25, 0.3) is 11.0 Å². The SMILES string of the molecule is CC(C)n1c(C2CSCCN2)nc2ccc(Cl)cc21. The largest absolute Gasteiger partial charge is 0.324 e. The Hall–Kier alpha value is -0.710. The molecule has 1 aromatic carbocycles. The molecule has 1 aliphatic heterocycles. The maximum Gasteiger partial charge on any atom is 0.128 e. The van der Waals surface area contributed by atoms with Crippen LogP contribution in [-0.2, 0) is 0 Å². The molecule has 19 heavy (non-hydrogen) atoms. The van der Waals surface area contributed by atoms with E-state index in [0.717, 1.165) is 34.2 Å². The minimum Gasteiger partial charge on any atom is -0.324 e. The van der Waals surface area contributed by atoms with Crippen molar-refractivity contribution in [2.45, 2.75) is 25.9 Å². The normalized spacial score (nSPS) is 20.3. The Labute approximate surface area is 122 Å². The van der Waals surface area contributed by atoms with Crippen LogP contribution in [0.15, 0.2) is 18.2 Å². The summed E-state index contributed by atoms with van der Waals surface area (Å²) in [6, 6.07) is 6.66. The molecule has 3 rings (SSSR count). The summed E-state index contributed by atoms with van der Waals surface area (Å²) in [6.07, 6.45) is 0. The maximum absolute atomic E-state index is 6.13. The highest BCUT2D eigenvalue weighted by atomic mass is 35.5. The van der Waals surface area contributed by atoms with Crippen LogP contribution >= 0.6 is 23.4 Å². The minimum absolute atomic E-state index is 0.340. The molecule has 1 unspecified atom stereocenters. The second-order valence-electron chi connectivity index (χ2n) is 5.15. The number of benzene rings is 1. The van der Waals surface area contributed by atoms with Crippen molar-refractivity contribution in [1.82, 2.24) is 14.9 Å². The number of fused-ring (bicyclic) bond motifs is 1. The average molecular weight is 296 g/mol. The van der Waals surface area contributed by atoms with E-state index in [1.165, 1.54) is 5.75 Å². The first-order valence-corrected chi connectivity index (χ1v) is 8.18. The topological polar surface area (TPSA) is 29.9 Å². The van der Waals surface area contributed by atoms with Gasteiger partial charge in [0.25, 0.3) is 0 Å². The predicted octanol–water partition coefficient (Wildman–Crippen LogP) is 3.65. The van der Waals surface area contributed by atoms with Crippen LogP contribution in [0.3, 0.4) is 0 Å². The van der Waals surface area contributed by atoms with Crippen molar-refractivity contribution in [3.63, 3.8) is 0 Å². The Balaban J connectivity index is 2.14. The van der Waals surface area contributed by atoms with Crippen molar-refractivity contribution in [2.24, 2.45) is 0 Å². The van der Waals surface area contributed by atoms with Crippen molar-refractivity contribution in [3.8, 4) is 0 Å². The van der Waals surface area contributed by atoms with Crippen molar-refractivity contribution in [2.75, 3.05) is 18.1 Å². The van der Waals surface area contributed by atoms with Gasteiger partial charge in [-0.2, -0.15) is 11.8 Å². The van der Waals surface area contributed by atoms with E-state index in [0.29, 0.717) is 12.1 Å². The zero-order valence-corrected chi connectivity index (χ0v) is 12.8. The third-order valence-electron chi connectivity index (χ3n) is 3.43. The van der Waals surface area contributed by atoms with Crippen LogP contribution in [0.5, 0.6) is 0 Å². The number of nitrogens with zero attached hydrogens (tertiary/aromatic N) is 2. The van der Waals surface area contributed by atoms with Crippen molar-refractivity contribution < 1.29 is 0 Å². The Morgan fingerprint density at radius 1 is 1.47 bits per heavy atom. The molecule has 0 bridgehead atoms. The maximum atomic E-state index is 6.13. The third kappa shape index (κ3) is 2.49. The van der Waals surface area contributed by atoms with Gasteiger partial charge in [-0.1, -0.05) is 11.6 Å². The molecule has 0 radical (unpaired) electrons. The summed E-state index contributed by atoms with van der Waals surface area (Å²) >= 11 is 8.12. The Morgan fingerprint density at radius 2 is 2.32 bits per heavy atom. The monoisotopic (exact) mass is 295 g/mol. The average Bonchev–Trinajstić information content (AvgIpc) is 2.78. The number of imidazole rings is 1. The fourth-order valence-corrected chi connectivity index (χ4v) is 3.70. The molecule has 1 aliphatic rings. The summed E-state index contributed by atoms with van der Waals surface area (Å²) in [4.78, 5) is 4.83. The number of aromatic nitrogens is 2. The van der Waals surface area contributed by atoms with Gasteiger partial charge < -0.3 is 9.88 Å². The van der Waals surface area contributed by atoms with E-state index >= 15 is 0 Å². The van der Waals surface area contributed by atoms with E-state index in [2.05, 4.69) is 23.7 Å². The van der Waals surface area contributed by atoms with E-state index in [1.807, 2.05) is 30.0 Å². The summed E-state index contributed by atoms with van der Waals surface area (Å²) in [7, 11) is 0. The molecular weight excluding hydrogens is 278 g/mol. The van der Waals surface area contributed by atoms with Crippen LogP contribution in [0.4, 0.5) is 0 Å². The van der Waals surface area contributed by atoms with Gasteiger partial charge in [-0.15, -0.1) is 0 Å². The standard InChI is InChI=1S/C14H18ClN3S/c1-9(2)18-13-7-10(15)3-4-11(13)17-14(18)12-8-19-6-5-16-12/h3-4,7,9,12,16H,5-6,8H2,1-2H3. The third-order valence-corrected chi connectivity index (χ3v) is 4.73. The molecule has 5 heteroatoms. The molecule has 2 heterocycles. The molecule has 1 aromatic heterocycles. The Morgan fingerprint density at radius 3 is 3.00 bits per heavy atom. The first-order valence-electron chi connectivity index (χ1n) is 6.65. The lowest BCUT2D eigenvalue weighted by Crippen LogP contribution is -2.32. The van der Waals surface area contributed by atoms with Crippen LogP contribution in [0.1, 0.15) is 31.8 Å². The van der Waals surface area contributed by atoms with E-state index in [9.17, 15) is 0 Å². The fourth-order valence-electron chi connectivity index (χ4n) is 2.60. The highest BCUT2D eigenvalue weighted by Crippen LogP contribution is 2.29. The van der Waals surface area contributed by atoms with Crippen LogP contribution < -0.4 is 5.32 Å². The highest BCUT2D eigenvalue weighted by molar-refractivity contribution is 7.99. The summed E-state index contributed by atoms with van der Waals surface area (Å²) in [5.41, 5.74) is 2.17. The molecule has 3 nitrogen and oxygen atoms in total. The second-order valence-corrected chi connectivity index (χ2v) is 6.73. The number of thioether (sulfide) groups is 1. The number of rotatable bonds is 2. The first-order chi connectivity index (χ1) is 9.16. The van der Waals surface area contributed by atoms with E-state index in [1.54, 1.807) is 0 Å². The number of nitrogens with one attached hydrogen (secondary N) is 1. The zero-order valence-electron chi connectivity index (χ0n) is 11.2. The van der Waals surface area contributed by atoms with Gasteiger partial charge in [0.1, 0.15) is 5.82 Å². The lowest BCUT2D eigenvalue weighted by Gasteiger charge is -2.25. The molecule has 102 valence electrons. The number of hydrogen-bond acceptors (Lipinski definition) is 3. The van der Waals surface area contributed by atoms with Gasteiger partial charge in [0.2, 0.25) is 0 Å². The van der Waals surface area contributed by atoms with Crippen LogP contribution in [0.2, 0.25) is 5.02 Å². The number of halogens is 1. The molecule has 0 amide bonds. The molecule has 0 saturated carbocycles. The van der Waals surface area contributed by atoms with E-state index in [4.69, 9.17) is 16.6 Å². The summed E-state index contributed by atoms with van der Waals surface area (Å²) in [5, 5.41) is 4.34. The van der Waals surface area contributed by atoms with E-state index < -0.39 is 0 Å². The Kier molecular flexibility index (Phi) is 3.74. The van der Waals surface area contributed by atoms with Gasteiger partial charge in [0.15, 0.2) is 0 Å². The molecular formula is C14H18ClN3S. The van der Waals surface area contributed by atoms with E-state index in [-0.39, 0.29) is 0 Å². The van der Waals surface area contributed by atoms with Gasteiger partial charge in [0, 0.05) is 29.1 Å². The summed E-state index contributed by atoms with van der Waals surface area (Å²) in [5.74, 6) is 3.41. The minimum atomic E-state index is 0.340. The van der Waals surface area contributed by atoms with Gasteiger partial charge in [-0.3, -0.25) is 0 Å². The number of hydrogen-bond donors (Lipinski definition) is 1. The highest BCUT2D eigenvalue weighted by Gasteiger charge is 2.23. The van der Waals surface area contributed by atoms with Crippen LogP contribution in [0, 0.1) is 0 Å². The molecule has 0 spiro atoms. The predicted molar refractivity (Wildman–Crippen MR) is 83.2 cm³/mol. The fraction of sp³-hybridized carbons (Fsp3) is 0.500. The van der Waals surface area contributed by atoms with Crippen molar-refractivity contribution >= 4 is 34.4 Å². The summed E-state index contributed by atoms with van der Waals surface area (Å²) < 4.78 is 2.31. The smallest absolute Gasteiger partial charge is 0.128 e. The van der Waals surface area contributed by atoms with Crippen LogP contribution in [-0.4, -0.2) is 27.6 Å². The lowest BCUT2D eigenvalue weighted by molar-refractivity contribution is 0.501. The molecule has 2 aromatic rings. The first kappa shape index (κ1) is 13.3. The summed E-state index contributed by atoms with van der Waals surface area (Å²) in [6.45, 7) is 5.44. The molecule has 1 N–H and O–H groups in total. The van der Waals surface area contributed by atoms with Gasteiger partial charge in [-0.05, 0) is 32.0 Å². The Bertz CT molecular complexity index is 588. The molecule has 1 fully saturated rings. The lowest BCUT2D eigenvalue weighted by atomic mass is 10.2. The van der Waals surface area contributed by atoms with Crippen molar-refractivity contribution in [3.05, 3.63) is 29.0 Å².